The van der Waals surface area contributed by atoms with Crippen LogP contribution < -0.4 is 5.69 Å². The van der Waals surface area contributed by atoms with Gasteiger partial charge in [-0.05, 0) is 79.5 Å². The second-order valence-electron chi connectivity index (χ2n) is 10.7. The Bertz CT molecular complexity index is 1880. The second-order valence-corrected chi connectivity index (χ2v) is 11.1. The van der Waals surface area contributed by atoms with Crippen molar-refractivity contribution in [1.29, 1.82) is 0 Å². The SMILES string of the molecule is Cc1ccc(CCCCCn2c(O)c(Cc3c[nH]c4c(Cl)cccc34)[nH]c2=O)cc1CCc1cnc2cccnn12. The highest BCUT2D eigenvalue weighted by molar-refractivity contribution is 6.35. The Morgan fingerprint density at radius 3 is 2.80 bits per heavy atom. The number of H-pyrrole nitrogens is 2. The molecule has 8 nitrogen and oxygen atoms in total. The summed E-state index contributed by atoms with van der Waals surface area (Å²) in [5, 5.41) is 16.8. The molecule has 0 fully saturated rings. The van der Waals surface area contributed by atoms with Crippen LogP contribution in [0.2, 0.25) is 5.02 Å². The fraction of sp³-hybridized carbons (Fsp3) is 0.281. The van der Waals surface area contributed by atoms with E-state index in [1.54, 1.807) is 6.20 Å². The van der Waals surface area contributed by atoms with Gasteiger partial charge in [-0.25, -0.2) is 14.3 Å². The van der Waals surface area contributed by atoms with Crippen molar-refractivity contribution in [3.63, 3.8) is 0 Å². The quantitative estimate of drug-likeness (QED) is 0.163. The number of nitrogens with zero attached hydrogens (tertiary/aromatic N) is 4. The first-order valence-corrected chi connectivity index (χ1v) is 14.5. The maximum atomic E-state index is 12.6. The van der Waals surface area contributed by atoms with Gasteiger partial charge in [0.1, 0.15) is 0 Å². The van der Waals surface area contributed by atoms with E-state index < -0.39 is 0 Å². The van der Waals surface area contributed by atoms with Crippen LogP contribution in [-0.4, -0.2) is 34.2 Å². The van der Waals surface area contributed by atoms with Crippen molar-refractivity contribution in [2.75, 3.05) is 0 Å². The van der Waals surface area contributed by atoms with Crippen molar-refractivity contribution in [3.05, 3.63) is 116 Å². The zero-order valence-electron chi connectivity index (χ0n) is 23.0. The highest BCUT2D eigenvalue weighted by Crippen LogP contribution is 2.28. The number of aryl methyl sites for hydroxylation is 4. The minimum atomic E-state index is -0.278. The zero-order valence-corrected chi connectivity index (χ0v) is 23.8. The summed E-state index contributed by atoms with van der Waals surface area (Å²) in [5.41, 5.74) is 8.02. The van der Waals surface area contributed by atoms with Gasteiger partial charge in [-0.2, -0.15) is 5.10 Å². The Morgan fingerprint density at radius 1 is 1.00 bits per heavy atom. The lowest BCUT2D eigenvalue weighted by Crippen LogP contribution is -2.16. The molecular weight excluding hydrogens is 536 g/mol. The molecular formula is C32H33ClN6O2. The number of unbranched alkanes of at least 4 members (excludes halogenated alkanes) is 2. The second kappa shape index (κ2) is 11.7. The van der Waals surface area contributed by atoms with E-state index in [1.807, 2.05) is 47.2 Å². The Morgan fingerprint density at radius 2 is 1.90 bits per heavy atom. The Hall–Kier alpha value is -4.30. The molecule has 0 amide bonds. The average Bonchev–Trinajstić information content (AvgIpc) is 3.66. The first kappa shape index (κ1) is 26.9. The molecule has 4 heterocycles. The lowest BCUT2D eigenvalue weighted by molar-refractivity contribution is 0.402. The first-order chi connectivity index (χ1) is 20.0. The number of hydrogen-bond acceptors (Lipinski definition) is 4. The third-order valence-corrected chi connectivity index (χ3v) is 8.22. The summed E-state index contributed by atoms with van der Waals surface area (Å²) >= 11 is 6.27. The van der Waals surface area contributed by atoms with Crippen LogP contribution in [0.1, 0.15) is 52.9 Å². The van der Waals surface area contributed by atoms with E-state index in [1.165, 1.54) is 21.3 Å². The molecule has 0 aliphatic rings. The molecule has 0 bridgehead atoms. The Kier molecular flexibility index (Phi) is 7.65. The molecule has 3 N–H and O–H groups in total. The molecule has 0 atom stereocenters. The fourth-order valence-corrected chi connectivity index (χ4v) is 5.82. The number of aromatic hydroxyl groups is 1. The minimum absolute atomic E-state index is 0.00992. The molecule has 9 heteroatoms. The normalized spacial score (nSPS) is 11.7. The van der Waals surface area contributed by atoms with Crippen molar-refractivity contribution >= 4 is 28.2 Å². The number of fused-ring (bicyclic) bond motifs is 2. The molecule has 41 heavy (non-hydrogen) atoms. The molecule has 0 saturated carbocycles. The molecule has 0 radical (unpaired) electrons. The van der Waals surface area contributed by atoms with Gasteiger partial charge in [0, 0.05) is 30.7 Å². The van der Waals surface area contributed by atoms with E-state index in [-0.39, 0.29) is 11.6 Å². The number of halogens is 1. The summed E-state index contributed by atoms with van der Waals surface area (Å²) in [7, 11) is 0. The van der Waals surface area contributed by atoms with Crippen LogP contribution >= 0.6 is 11.6 Å². The topological polar surface area (TPSA) is 104 Å². The minimum Gasteiger partial charge on any atom is -0.493 e. The number of para-hydroxylation sites is 1. The maximum Gasteiger partial charge on any atom is 0.328 e. The van der Waals surface area contributed by atoms with Gasteiger partial charge in [-0.15, -0.1) is 0 Å². The molecule has 0 unspecified atom stereocenters. The highest BCUT2D eigenvalue weighted by Gasteiger charge is 2.16. The number of rotatable bonds is 11. The van der Waals surface area contributed by atoms with E-state index in [0.717, 1.165) is 66.3 Å². The summed E-state index contributed by atoms with van der Waals surface area (Å²) in [6.45, 7) is 2.64. The molecule has 0 aliphatic heterocycles. The standard InChI is InChI=1S/C32H33ClN6O2/c1-21-11-12-22(17-23(21)13-14-25-20-34-29-10-6-15-36-39(25)29)7-3-2-4-16-38-31(40)28(37-32(38)41)18-24-19-35-30-26(24)8-5-9-27(30)33/h5-6,8-12,15,17,19-20,35,40H,2-4,7,13-14,16,18H2,1H3,(H,37,41). The van der Waals surface area contributed by atoms with Crippen LogP contribution in [-0.2, 0) is 32.2 Å². The van der Waals surface area contributed by atoms with E-state index in [9.17, 15) is 9.90 Å². The molecule has 0 saturated heterocycles. The summed E-state index contributed by atoms with van der Waals surface area (Å²) in [5.74, 6) is 0.00992. The molecule has 4 aromatic heterocycles. The van der Waals surface area contributed by atoms with Crippen molar-refractivity contribution in [1.82, 2.24) is 29.1 Å². The van der Waals surface area contributed by atoms with Gasteiger partial charge in [0.2, 0.25) is 5.88 Å². The van der Waals surface area contributed by atoms with Gasteiger partial charge < -0.3 is 15.1 Å². The summed E-state index contributed by atoms with van der Waals surface area (Å²) in [6.07, 6.45) is 11.6. The molecule has 6 rings (SSSR count). The molecule has 0 aliphatic carbocycles. The van der Waals surface area contributed by atoms with Crippen molar-refractivity contribution < 1.29 is 5.11 Å². The molecule has 0 spiro atoms. The van der Waals surface area contributed by atoms with Crippen LogP contribution in [0.5, 0.6) is 5.88 Å². The number of nitrogens with one attached hydrogen (secondary N) is 2. The number of aromatic nitrogens is 6. The van der Waals surface area contributed by atoms with Crippen molar-refractivity contribution in [2.45, 2.75) is 58.4 Å². The van der Waals surface area contributed by atoms with Crippen molar-refractivity contribution in [2.24, 2.45) is 0 Å². The highest BCUT2D eigenvalue weighted by atomic mass is 35.5. The smallest absolute Gasteiger partial charge is 0.328 e. The summed E-state index contributed by atoms with van der Waals surface area (Å²) < 4.78 is 3.35. The number of hydrogen-bond donors (Lipinski definition) is 3. The maximum absolute atomic E-state index is 12.6. The lowest BCUT2D eigenvalue weighted by Gasteiger charge is -2.09. The van der Waals surface area contributed by atoms with Gasteiger partial charge in [-0.1, -0.05) is 48.4 Å². The van der Waals surface area contributed by atoms with Crippen LogP contribution in [0.15, 0.2) is 71.9 Å². The number of aromatic amines is 2. The molecule has 2 aromatic carbocycles. The van der Waals surface area contributed by atoms with Gasteiger partial charge >= 0.3 is 5.69 Å². The van der Waals surface area contributed by atoms with Crippen LogP contribution in [0.4, 0.5) is 0 Å². The number of imidazole rings is 2. The van der Waals surface area contributed by atoms with Crippen LogP contribution in [0.3, 0.4) is 0 Å². The van der Waals surface area contributed by atoms with E-state index in [2.05, 4.69) is 45.2 Å². The van der Waals surface area contributed by atoms with Gasteiger partial charge in [0.25, 0.3) is 0 Å². The third-order valence-electron chi connectivity index (χ3n) is 7.91. The van der Waals surface area contributed by atoms with Crippen LogP contribution in [0.25, 0.3) is 16.6 Å². The zero-order chi connectivity index (χ0) is 28.3. The first-order valence-electron chi connectivity index (χ1n) is 14.1. The average molecular weight is 569 g/mol. The van der Waals surface area contributed by atoms with E-state index >= 15 is 0 Å². The lowest BCUT2D eigenvalue weighted by atomic mass is 9.97. The summed E-state index contributed by atoms with van der Waals surface area (Å²) in [6, 6.07) is 16.3. The third kappa shape index (κ3) is 5.65. The Balaban J connectivity index is 1.02. The van der Waals surface area contributed by atoms with Gasteiger partial charge in [0.05, 0.1) is 28.1 Å². The Labute approximate surface area is 242 Å². The molecule has 210 valence electrons. The molecule has 6 aromatic rings. The van der Waals surface area contributed by atoms with Gasteiger partial charge in [-0.3, -0.25) is 4.57 Å². The summed E-state index contributed by atoms with van der Waals surface area (Å²) in [4.78, 5) is 23.1. The van der Waals surface area contributed by atoms with E-state index in [0.29, 0.717) is 23.7 Å². The largest absolute Gasteiger partial charge is 0.493 e. The predicted octanol–water partition coefficient (Wildman–Crippen LogP) is 6.16. The fourth-order valence-electron chi connectivity index (χ4n) is 5.59. The van der Waals surface area contributed by atoms with Crippen LogP contribution in [0, 0.1) is 6.92 Å². The predicted molar refractivity (Wildman–Crippen MR) is 162 cm³/mol. The van der Waals surface area contributed by atoms with E-state index in [4.69, 9.17) is 11.6 Å². The number of benzene rings is 2. The monoisotopic (exact) mass is 568 g/mol. The van der Waals surface area contributed by atoms with Gasteiger partial charge in [0.15, 0.2) is 5.65 Å². The van der Waals surface area contributed by atoms with Crippen molar-refractivity contribution in [3.8, 4) is 5.88 Å².